The van der Waals surface area contributed by atoms with E-state index in [0.717, 1.165) is 19.3 Å². The standard InChI is InChI=1S/C22H29N3O5/c1-11-18(13(3)26)12(2)23-19(11)20(28)30-10-17(27)24-21(29)25-22-7-14-4-15(8-22)6-16(5-14)9-22/h14-16,23H,4-10H2,1-3H3,(H2,24,25,27,29). The number of ketones is 1. The zero-order valence-electron chi connectivity index (χ0n) is 17.7. The molecule has 1 aromatic rings. The third-order valence-electron chi connectivity index (χ3n) is 7.00. The summed E-state index contributed by atoms with van der Waals surface area (Å²) in [7, 11) is 0. The van der Waals surface area contributed by atoms with Crippen LogP contribution in [0.25, 0.3) is 0 Å². The maximum absolute atomic E-state index is 12.4. The van der Waals surface area contributed by atoms with Crippen molar-refractivity contribution in [2.24, 2.45) is 17.8 Å². The number of amides is 3. The van der Waals surface area contributed by atoms with Crippen LogP contribution in [-0.2, 0) is 9.53 Å². The molecule has 8 heteroatoms. The number of Topliss-reactive ketones (excluding diaryl/α,β-unsaturated/α-hetero) is 1. The fraction of sp³-hybridized carbons (Fsp3) is 0.636. The van der Waals surface area contributed by atoms with Gasteiger partial charge in [0.25, 0.3) is 5.91 Å². The SMILES string of the molecule is CC(=O)c1c(C)[nH]c(C(=O)OCC(=O)NC(=O)NC23CC4CC(CC(C4)C2)C3)c1C. The molecule has 0 saturated heterocycles. The smallest absolute Gasteiger partial charge is 0.355 e. The van der Waals surface area contributed by atoms with Crippen molar-refractivity contribution in [3.05, 3.63) is 22.5 Å². The van der Waals surface area contributed by atoms with E-state index in [9.17, 15) is 19.2 Å². The number of nitrogens with one attached hydrogen (secondary N) is 3. The highest BCUT2D eigenvalue weighted by Gasteiger charge is 2.51. The van der Waals surface area contributed by atoms with E-state index < -0.39 is 24.5 Å². The first-order chi connectivity index (χ1) is 14.2. The van der Waals surface area contributed by atoms with Gasteiger partial charge in [-0.3, -0.25) is 14.9 Å². The topological polar surface area (TPSA) is 117 Å². The van der Waals surface area contributed by atoms with Crippen LogP contribution in [-0.4, -0.2) is 40.8 Å². The number of carbonyl (C=O) groups is 4. The molecule has 30 heavy (non-hydrogen) atoms. The number of hydrogen-bond donors (Lipinski definition) is 3. The largest absolute Gasteiger partial charge is 0.451 e. The van der Waals surface area contributed by atoms with E-state index in [1.807, 2.05) is 0 Å². The zero-order chi connectivity index (χ0) is 21.6. The molecule has 0 unspecified atom stereocenters. The predicted octanol–water partition coefficient (Wildman–Crippen LogP) is 2.79. The highest BCUT2D eigenvalue weighted by molar-refractivity contribution is 6.02. The Morgan fingerprint density at radius 2 is 1.60 bits per heavy atom. The van der Waals surface area contributed by atoms with Crippen LogP contribution in [0.1, 0.15) is 77.6 Å². The van der Waals surface area contributed by atoms with Gasteiger partial charge in [0, 0.05) is 16.8 Å². The lowest BCUT2D eigenvalue weighted by atomic mass is 9.53. The molecule has 3 N–H and O–H groups in total. The van der Waals surface area contributed by atoms with Crippen molar-refractivity contribution in [3.63, 3.8) is 0 Å². The summed E-state index contributed by atoms with van der Waals surface area (Å²) in [6.45, 7) is 4.20. The second-order valence-electron chi connectivity index (χ2n) is 9.46. The van der Waals surface area contributed by atoms with Crippen molar-refractivity contribution in [1.82, 2.24) is 15.6 Å². The number of H-pyrrole nitrogens is 1. The molecule has 4 saturated carbocycles. The number of esters is 1. The third kappa shape index (κ3) is 3.87. The van der Waals surface area contributed by atoms with E-state index in [4.69, 9.17) is 4.74 Å². The number of aromatic amines is 1. The summed E-state index contributed by atoms with van der Waals surface area (Å²) in [5.74, 6) is 0.471. The van der Waals surface area contributed by atoms with Gasteiger partial charge in [0.05, 0.1) is 0 Å². The fourth-order valence-electron chi connectivity index (χ4n) is 6.38. The summed E-state index contributed by atoms with van der Waals surface area (Å²) >= 11 is 0. The van der Waals surface area contributed by atoms with Crippen molar-refractivity contribution in [2.45, 2.75) is 64.8 Å². The average Bonchev–Trinajstić information content (AvgIpc) is 2.92. The van der Waals surface area contributed by atoms with Crippen LogP contribution in [0.2, 0.25) is 0 Å². The number of imide groups is 1. The predicted molar refractivity (Wildman–Crippen MR) is 108 cm³/mol. The Labute approximate surface area is 175 Å². The maximum Gasteiger partial charge on any atom is 0.355 e. The average molecular weight is 415 g/mol. The first kappa shape index (κ1) is 20.6. The van der Waals surface area contributed by atoms with Crippen molar-refractivity contribution in [1.29, 1.82) is 0 Å². The van der Waals surface area contributed by atoms with Gasteiger partial charge in [0.2, 0.25) is 0 Å². The molecule has 5 rings (SSSR count). The lowest BCUT2D eigenvalue weighted by Gasteiger charge is -2.56. The summed E-state index contributed by atoms with van der Waals surface area (Å²) < 4.78 is 5.04. The molecular formula is C22H29N3O5. The van der Waals surface area contributed by atoms with Gasteiger partial charge in [-0.25, -0.2) is 9.59 Å². The quantitative estimate of drug-likeness (QED) is 0.505. The minimum atomic E-state index is -0.736. The van der Waals surface area contributed by atoms with Gasteiger partial charge in [-0.2, -0.15) is 0 Å². The van der Waals surface area contributed by atoms with Gasteiger partial charge in [-0.05, 0) is 82.6 Å². The number of hydrogen-bond acceptors (Lipinski definition) is 5. The number of urea groups is 1. The molecule has 0 atom stereocenters. The monoisotopic (exact) mass is 415 g/mol. The second-order valence-corrected chi connectivity index (χ2v) is 9.46. The summed E-state index contributed by atoms with van der Waals surface area (Å²) in [4.78, 5) is 51.4. The molecule has 162 valence electrons. The molecule has 1 aromatic heterocycles. The van der Waals surface area contributed by atoms with Crippen LogP contribution >= 0.6 is 0 Å². The van der Waals surface area contributed by atoms with Crippen LogP contribution in [0.3, 0.4) is 0 Å². The summed E-state index contributed by atoms with van der Waals surface area (Å²) in [5, 5.41) is 5.33. The summed E-state index contributed by atoms with van der Waals surface area (Å²) in [6, 6.07) is -0.524. The fourth-order valence-corrected chi connectivity index (χ4v) is 6.38. The Balaban J connectivity index is 1.29. The molecule has 8 nitrogen and oxygen atoms in total. The molecule has 0 aromatic carbocycles. The van der Waals surface area contributed by atoms with Crippen LogP contribution < -0.4 is 10.6 Å². The Hall–Kier alpha value is -2.64. The van der Waals surface area contributed by atoms with Gasteiger partial charge in [-0.15, -0.1) is 0 Å². The van der Waals surface area contributed by atoms with Gasteiger partial charge >= 0.3 is 12.0 Å². The van der Waals surface area contributed by atoms with E-state index in [1.165, 1.54) is 26.2 Å². The molecule has 0 spiro atoms. The highest BCUT2D eigenvalue weighted by Crippen LogP contribution is 2.55. The number of carbonyl (C=O) groups excluding carboxylic acids is 4. The molecule has 0 radical (unpaired) electrons. The van der Waals surface area contributed by atoms with Crippen molar-refractivity contribution in [3.8, 4) is 0 Å². The molecular weight excluding hydrogens is 386 g/mol. The normalized spacial score (nSPS) is 28.8. The Morgan fingerprint density at radius 3 is 2.10 bits per heavy atom. The molecule has 4 aliphatic rings. The van der Waals surface area contributed by atoms with Gasteiger partial charge < -0.3 is 15.0 Å². The first-order valence-corrected chi connectivity index (χ1v) is 10.6. The maximum atomic E-state index is 12.4. The second kappa shape index (κ2) is 7.56. The number of ether oxygens (including phenoxy) is 1. The van der Waals surface area contributed by atoms with Gasteiger partial charge in [0.1, 0.15) is 5.69 Å². The third-order valence-corrected chi connectivity index (χ3v) is 7.00. The van der Waals surface area contributed by atoms with E-state index >= 15 is 0 Å². The summed E-state index contributed by atoms with van der Waals surface area (Å²) in [5.41, 5.74) is 1.46. The number of aryl methyl sites for hydroxylation is 1. The van der Waals surface area contributed by atoms with Crippen LogP contribution in [0.5, 0.6) is 0 Å². The van der Waals surface area contributed by atoms with E-state index in [-0.39, 0.29) is 17.0 Å². The minimum Gasteiger partial charge on any atom is -0.451 e. The van der Waals surface area contributed by atoms with Crippen LogP contribution in [0.15, 0.2) is 0 Å². The minimum absolute atomic E-state index is 0.142. The molecule has 1 heterocycles. The molecule has 3 amide bonds. The zero-order valence-corrected chi connectivity index (χ0v) is 17.7. The summed E-state index contributed by atoms with van der Waals surface area (Å²) in [6.07, 6.45) is 6.75. The first-order valence-electron chi connectivity index (χ1n) is 10.6. The highest BCUT2D eigenvalue weighted by atomic mass is 16.5. The Morgan fingerprint density at radius 1 is 1.03 bits per heavy atom. The number of aromatic nitrogens is 1. The van der Waals surface area contributed by atoms with E-state index in [1.54, 1.807) is 13.8 Å². The Bertz CT molecular complexity index is 881. The number of rotatable bonds is 5. The van der Waals surface area contributed by atoms with E-state index in [0.29, 0.717) is 34.6 Å². The molecule has 4 bridgehead atoms. The molecule has 4 fully saturated rings. The van der Waals surface area contributed by atoms with Crippen molar-refractivity contribution < 1.29 is 23.9 Å². The van der Waals surface area contributed by atoms with Crippen LogP contribution in [0.4, 0.5) is 4.79 Å². The van der Waals surface area contributed by atoms with Crippen LogP contribution in [0, 0.1) is 31.6 Å². The van der Waals surface area contributed by atoms with Gasteiger partial charge in [-0.1, -0.05) is 0 Å². The van der Waals surface area contributed by atoms with Crippen molar-refractivity contribution in [2.75, 3.05) is 6.61 Å². The van der Waals surface area contributed by atoms with Gasteiger partial charge in [0.15, 0.2) is 12.4 Å². The van der Waals surface area contributed by atoms with Crippen molar-refractivity contribution >= 4 is 23.7 Å². The molecule has 4 aliphatic carbocycles. The lowest BCUT2D eigenvalue weighted by molar-refractivity contribution is -0.123. The Kier molecular flexibility index (Phi) is 5.20. The lowest BCUT2D eigenvalue weighted by Crippen LogP contribution is -2.62. The van der Waals surface area contributed by atoms with E-state index in [2.05, 4.69) is 15.6 Å². The molecule has 0 aliphatic heterocycles.